The van der Waals surface area contributed by atoms with E-state index in [1.165, 1.54) is 21.6 Å². The highest BCUT2D eigenvalue weighted by molar-refractivity contribution is 7.99. The second kappa shape index (κ2) is 9.73. The van der Waals surface area contributed by atoms with Crippen LogP contribution >= 0.6 is 11.8 Å². The molecule has 3 aromatic rings. The number of hydrogen-bond acceptors (Lipinski definition) is 7. The normalized spacial score (nSPS) is 18.6. The summed E-state index contributed by atoms with van der Waals surface area (Å²) >= 11 is 1.34. The Morgan fingerprint density at radius 1 is 1.09 bits per heavy atom. The van der Waals surface area contributed by atoms with Crippen molar-refractivity contribution in [3.8, 4) is 11.4 Å². The summed E-state index contributed by atoms with van der Waals surface area (Å²) in [4.78, 5) is 15.1. The first-order chi connectivity index (χ1) is 16.9. The molecule has 11 heteroatoms. The lowest BCUT2D eigenvalue weighted by molar-refractivity contribution is -0.116. The molecule has 1 atom stereocenters. The van der Waals surface area contributed by atoms with Gasteiger partial charge in [0, 0.05) is 37.4 Å². The van der Waals surface area contributed by atoms with Crippen molar-refractivity contribution in [2.24, 2.45) is 7.05 Å². The topological polar surface area (TPSA) is 97.6 Å². The third-order valence-corrected chi connectivity index (χ3v) is 9.27. The summed E-state index contributed by atoms with van der Waals surface area (Å²) in [5, 5.41) is 9.17. The number of morpholine rings is 1. The molecule has 0 saturated carbocycles. The Kier molecular flexibility index (Phi) is 6.67. The van der Waals surface area contributed by atoms with Crippen molar-refractivity contribution in [1.82, 2.24) is 19.1 Å². The molecule has 0 radical (unpaired) electrons. The summed E-state index contributed by atoms with van der Waals surface area (Å²) in [5.41, 5.74) is 2.93. The van der Waals surface area contributed by atoms with E-state index in [1.807, 2.05) is 34.7 Å². The van der Waals surface area contributed by atoms with Gasteiger partial charge in [-0.1, -0.05) is 30.0 Å². The molecular weight excluding hydrogens is 486 g/mol. The molecule has 0 bridgehead atoms. The molecule has 2 aliphatic heterocycles. The monoisotopic (exact) mass is 513 g/mol. The van der Waals surface area contributed by atoms with Gasteiger partial charge in [0.2, 0.25) is 15.9 Å². The Hall–Kier alpha value is -2.73. The Balaban J connectivity index is 1.27. The number of carbonyl (C=O) groups excluding carboxylic acids is 1. The fourth-order valence-electron chi connectivity index (χ4n) is 4.55. The average Bonchev–Trinajstić information content (AvgIpc) is 3.41. The first kappa shape index (κ1) is 24.0. The van der Waals surface area contributed by atoms with E-state index in [0.717, 1.165) is 17.7 Å². The van der Waals surface area contributed by atoms with Crippen molar-refractivity contribution < 1.29 is 17.9 Å². The summed E-state index contributed by atoms with van der Waals surface area (Å²) in [6.07, 6.45) is 0.859. The number of benzene rings is 2. The van der Waals surface area contributed by atoms with E-state index in [2.05, 4.69) is 23.2 Å². The zero-order valence-corrected chi connectivity index (χ0v) is 21.3. The second-order valence-corrected chi connectivity index (χ2v) is 11.5. The molecular formula is C24H27N5O4S2. The lowest BCUT2D eigenvalue weighted by atomic mass is 10.1. The summed E-state index contributed by atoms with van der Waals surface area (Å²) in [7, 11) is -1.71. The van der Waals surface area contributed by atoms with E-state index in [9.17, 15) is 13.2 Å². The number of thioether (sulfide) groups is 1. The Morgan fingerprint density at radius 3 is 2.54 bits per heavy atom. The molecule has 0 spiro atoms. The van der Waals surface area contributed by atoms with Gasteiger partial charge in [-0.2, -0.15) is 4.31 Å². The number of fused-ring (bicyclic) bond motifs is 1. The van der Waals surface area contributed by atoms with Crippen molar-refractivity contribution in [3.63, 3.8) is 0 Å². The molecule has 5 rings (SSSR count). The number of aromatic nitrogens is 3. The molecule has 184 valence electrons. The largest absolute Gasteiger partial charge is 0.379 e. The minimum Gasteiger partial charge on any atom is -0.379 e. The van der Waals surface area contributed by atoms with Crippen LogP contribution in [0.25, 0.3) is 11.4 Å². The van der Waals surface area contributed by atoms with Gasteiger partial charge in [-0.3, -0.25) is 4.79 Å². The predicted octanol–water partition coefficient (Wildman–Crippen LogP) is 2.57. The van der Waals surface area contributed by atoms with E-state index < -0.39 is 10.0 Å². The molecule has 2 aromatic carbocycles. The van der Waals surface area contributed by atoms with E-state index in [-0.39, 0.29) is 22.6 Å². The maximum atomic E-state index is 13.0. The lowest BCUT2D eigenvalue weighted by Crippen LogP contribution is -2.40. The minimum absolute atomic E-state index is 0.0367. The summed E-state index contributed by atoms with van der Waals surface area (Å²) in [6, 6.07) is 14.8. The van der Waals surface area contributed by atoms with E-state index in [4.69, 9.17) is 4.74 Å². The van der Waals surface area contributed by atoms with Crippen molar-refractivity contribution in [2.75, 3.05) is 37.0 Å². The number of rotatable bonds is 6. The summed E-state index contributed by atoms with van der Waals surface area (Å²) in [6.45, 7) is 3.58. The Labute approximate surface area is 209 Å². The molecule has 0 N–H and O–H groups in total. The van der Waals surface area contributed by atoms with Crippen LogP contribution in [0.5, 0.6) is 0 Å². The number of amides is 1. The molecule has 9 nitrogen and oxygen atoms in total. The maximum Gasteiger partial charge on any atom is 0.243 e. The van der Waals surface area contributed by atoms with Gasteiger partial charge < -0.3 is 14.2 Å². The molecule has 1 fully saturated rings. The number of nitrogens with zero attached hydrogens (tertiary/aromatic N) is 5. The van der Waals surface area contributed by atoms with Crippen LogP contribution in [0, 0.1) is 0 Å². The number of sulfonamides is 1. The Bertz CT molecular complexity index is 1330. The number of anilines is 1. The van der Waals surface area contributed by atoms with Gasteiger partial charge in [0.15, 0.2) is 11.0 Å². The molecule has 35 heavy (non-hydrogen) atoms. The van der Waals surface area contributed by atoms with Crippen LogP contribution in [0.4, 0.5) is 5.69 Å². The van der Waals surface area contributed by atoms with Gasteiger partial charge >= 0.3 is 0 Å². The van der Waals surface area contributed by atoms with Crippen LogP contribution in [-0.2, 0) is 33.0 Å². The van der Waals surface area contributed by atoms with Crippen molar-refractivity contribution >= 4 is 33.4 Å². The standard InChI is InChI=1S/C24H27N5O4S2/c1-17-15-19-5-3-4-6-21(19)29(17)22(30)16-34-24-26-25-23(27(24)2)18-7-9-20(10-8-18)35(31,32)28-11-13-33-14-12-28/h3-10,17H,11-16H2,1-2H3/t17-/m0/s1. The zero-order chi connectivity index (χ0) is 24.6. The summed E-state index contributed by atoms with van der Waals surface area (Å²) in [5.74, 6) is 0.895. The number of para-hydroxylation sites is 1. The van der Waals surface area contributed by atoms with E-state index in [0.29, 0.717) is 37.3 Å². The van der Waals surface area contributed by atoms with Gasteiger partial charge in [-0.05, 0) is 49.2 Å². The average molecular weight is 514 g/mol. The lowest BCUT2D eigenvalue weighted by Gasteiger charge is -2.26. The smallest absolute Gasteiger partial charge is 0.243 e. The molecule has 0 unspecified atom stereocenters. The van der Waals surface area contributed by atoms with Crippen LogP contribution in [-0.4, -0.2) is 71.5 Å². The number of hydrogen-bond donors (Lipinski definition) is 0. The van der Waals surface area contributed by atoms with Gasteiger partial charge in [0.05, 0.1) is 23.9 Å². The molecule has 2 aliphatic rings. The third-order valence-electron chi connectivity index (χ3n) is 6.36. The van der Waals surface area contributed by atoms with Crippen molar-refractivity contribution in [1.29, 1.82) is 0 Å². The molecule has 1 saturated heterocycles. The van der Waals surface area contributed by atoms with Crippen LogP contribution in [0.2, 0.25) is 0 Å². The van der Waals surface area contributed by atoms with Crippen LogP contribution in [0.3, 0.4) is 0 Å². The van der Waals surface area contributed by atoms with E-state index >= 15 is 0 Å². The minimum atomic E-state index is -3.55. The quantitative estimate of drug-likeness (QED) is 0.467. The maximum absolute atomic E-state index is 13.0. The van der Waals surface area contributed by atoms with Gasteiger partial charge in [0.1, 0.15) is 0 Å². The van der Waals surface area contributed by atoms with Crippen LogP contribution in [0.1, 0.15) is 12.5 Å². The summed E-state index contributed by atoms with van der Waals surface area (Å²) < 4.78 is 34.2. The number of ether oxygens (including phenoxy) is 1. The SMILES string of the molecule is C[C@H]1Cc2ccccc2N1C(=O)CSc1nnc(-c2ccc(S(=O)(=O)N3CCOCC3)cc2)n1C. The fourth-order valence-corrected chi connectivity index (χ4v) is 6.72. The molecule has 0 aliphatic carbocycles. The van der Waals surface area contributed by atoms with Gasteiger partial charge in [-0.15, -0.1) is 10.2 Å². The molecule has 3 heterocycles. The van der Waals surface area contributed by atoms with Crippen LogP contribution in [0.15, 0.2) is 58.6 Å². The number of carbonyl (C=O) groups is 1. The molecule has 1 amide bonds. The van der Waals surface area contributed by atoms with Crippen molar-refractivity contribution in [3.05, 3.63) is 54.1 Å². The fraction of sp³-hybridized carbons (Fsp3) is 0.375. The highest BCUT2D eigenvalue weighted by Gasteiger charge is 2.31. The van der Waals surface area contributed by atoms with Gasteiger partial charge in [0.25, 0.3) is 0 Å². The van der Waals surface area contributed by atoms with E-state index in [1.54, 1.807) is 24.3 Å². The zero-order valence-electron chi connectivity index (χ0n) is 19.6. The van der Waals surface area contributed by atoms with Gasteiger partial charge in [-0.25, -0.2) is 8.42 Å². The predicted molar refractivity (Wildman–Crippen MR) is 134 cm³/mol. The molecule has 1 aromatic heterocycles. The first-order valence-corrected chi connectivity index (χ1v) is 13.9. The second-order valence-electron chi connectivity index (χ2n) is 8.64. The van der Waals surface area contributed by atoms with Crippen molar-refractivity contribution in [2.45, 2.75) is 29.4 Å². The Morgan fingerprint density at radius 2 is 1.80 bits per heavy atom. The third kappa shape index (κ3) is 4.61. The highest BCUT2D eigenvalue weighted by atomic mass is 32.2. The highest BCUT2D eigenvalue weighted by Crippen LogP contribution is 2.33. The van der Waals surface area contributed by atoms with Crippen LogP contribution < -0.4 is 4.90 Å². The first-order valence-electron chi connectivity index (χ1n) is 11.5.